The summed E-state index contributed by atoms with van der Waals surface area (Å²) in [7, 11) is 0. The highest BCUT2D eigenvalue weighted by atomic mass is 19.3. The average molecular weight is 213 g/mol. The lowest BCUT2D eigenvalue weighted by Gasteiger charge is -2.10. The van der Waals surface area contributed by atoms with Crippen LogP contribution in [0.5, 0.6) is 5.75 Å². The third kappa shape index (κ3) is 4.28. The van der Waals surface area contributed by atoms with Crippen molar-refractivity contribution in [2.45, 2.75) is 26.9 Å². The maximum absolute atomic E-state index is 12.0. The zero-order valence-electron chi connectivity index (χ0n) is 8.97. The minimum absolute atomic E-state index is 0.188. The molecular weight excluding hydrogens is 198 g/mol. The molecule has 0 aliphatic carbocycles. The number of rotatable bonds is 4. The highest BCUT2D eigenvalue weighted by Gasteiger charge is 2.07. The van der Waals surface area contributed by atoms with Crippen molar-refractivity contribution in [2.24, 2.45) is 5.92 Å². The Kier molecular flexibility index (Phi) is 4.06. The lowest BCUT2D eigenvalue weighted by Crippen LogP contribution is -2.03. The average Bonchev–Trinajstić information content (AvgIpc) is 1.98. The van der Waals surface area contributed by atoms with E-state index in [-0.39, 0.29) is 5.75 Å². The van der Waals surface area contributed by atoms with Crippen molar-refractivity contribution in [1.82, 2.24) is 0 Å². The molecule has 0 saturated carbocycles. The predicted octanol–water partition coefficient (Wildman–Crippen LogP) is 3.67. The fraction of sp³-hybridized carbons (Fsp3) is 0.417. The van der Waals surface area contributed by atoms with E-state index in [1.54, 1.807) is 6.07 Å². The van der Waals surface area contributed by atoms with Gasteiger partial charge in [0.15, 0.2) is 0 Å². The molecule has 0 aromatic heterocycles. The van der Waals surface area contributed by atoms with Gasteiger partial charge in [-0.1, -0.05) is 19.9 Å². The van der Waals surface area contributed by atoms with Gasteiger partial charge in [0.25, 0.3) is 0 Å². The molecule has 0 spiro atoms. The van der Waals surface area contributed by atoms with Crippen LogP contribution in [-0.2, 0) is 6.42 Å². The quantitative estimate of drug-likeness (QED) is 0.741. The van der Waals surface area contributed by atoms with Crippen molar-refractivity contribution in [2.75, 3.05) is 0 Å². The van der Waals surface area contributed by atoms with Crippen LogP contribution in [0, 0.1) is 12.8 Å². The summed E-state index contributed by atoms with van der Waals surface area (Å²) in [5.74, 6) is 0.666. The monoisotopic (exact) mass is 213 g/mol. The second kappa shape index (κ2) is 5.10. The molecule has 0 N–H and O–H groups in total. The SMILES string of the molecule is [CH2]c1cc(CC(C)C)cc(OC(F)F)c1. The van der Waals surface area contributed by atoms with E-state index in [4.69, 9.17) is 0 Å². The summed E-state index contributed by atoms with van der Waals surface area (Å²) in [6.45, 7) is 5.10. The summed E-state index contributed by atoms with van der Waals surface area (Å²) in [6, 6.07) is 5.04. The zero-order valence-corrected chi connectivity index (χ0v) is 8.97. The topological polar surface area (TPSA) is 9.23 Å². The Morgan fingerprint density at radius 3 is 2.47 bits per heavy atom. The van der Waals surface area contributed by atoms with Gasteiger partial charge in [0.1, 0.15) is 5.75 Å². The van der Waals surface area contributed by atoms with Crippen LogP contribution in [0.25, 0.3) is 0 Å². The summed E-state index contributed by atoms with van der Waals surface area (Å²) in [5.41, 5.74) is 1.68. The first kappa shape index (κ1) is 12.0. The number of hydrogen-bond acceptors (Lipinski definition) is 1. The molecular formula is C12H15F2O. The molecule has 0 amide bonds. The van der Waals surface area contributed by atoms with Gasteiger partial charge < -0.3 is 4.74 Å². The summed E-state index contributed by atoms with van der Waals surface area (Å²) in [6.07, 6.45) is 0.836. The molecule has 0 aliphatic heterocycles. The number of alkyl halides is 2. The first-order valence-electron chi connectivity index (χ1n) is 4.88. The van der Waals surface area contributed by atoms with Gasteiger partial charge in [-0.15, -0.1) is 0 Å². The molecule has 0 saturated heterocycles. The van der Waals surface area contributed by atoms with Crippen LogP contribution in [0.1, 0.15) is 25.0 Å². The molecule has 1 aromatic rings. The minimum atomic E-state index is -2.78. The van der Waals surface area contributed by atoms with Crippen LogP contribution < -0.4 is 4.74 Å². The lowest BCUT2D eigenvalue weighted by atomic mass is 10.0. The van der Waals surface area contributed by atoms with Crippen LogP contribution in [0.3, 0.4) is 0 Å². The Hall–Kier alpha value is -1.12. The van der Waals surface area contributed by atoms with Crippen molar-refractivity contribution >= 4 is 0 Å². The molecule has 3 heteroatoms. The summed E-state index contributed by atoms with van der Waals surface area (Å²) in [5, 5.41) is 0. The minimum Gasteiger partial charge on any atom is -0.435 e. The van der Waals surface area contributed by atoms with Crippen molar-refractivity contribution in [1.29, 1.82) is 0 Å². The smallest absolute Gasteiger partial charge is 0.387 e. The highest BCUT2D eigenvalue weighted by molar-refractivity contribution is 5.36. The lowest BCUT2D eigenvalue weighted by molar-refractivity contribution is -0.0498. The highest BCUT2D eigenvalue weighted by Crippen LogP contribution is 2.20. The van der Waals surface area contributed by atoms with Crippen molar-refractivity contribution in [3.05, 3.63) is 36.2 Å². The van der Waals surface area contributed by atoms with Crippen LogP contribution in [-0.4, -0.2) is 6.61 Å². The first-order chi connectivity index (χ1) is 6.97. The van der Waals surface area contributed by atoms with Crippen LogP contribution in [0.2, 0.25) is 0 Å². The molecule has 15 heavy (non-hydrogen) atoms. The second-order valence-corrected chi connectivity index (χ2v) is 3.96. The summed E-state index contributed by atoms with van der Waals surface area (Å²) in [4.78, 5) is 0. The van der Waals surface area contributed by atoms with Crippen molar-refractivity contribution < 1.29 is 13.5 Å². The first-order valence-corrected chi connectivity index (χ1v) is 4.88. The normalized spacial score (nSPS) is 11.1. The van der Waals surface area contributed by atoms with Crippen LogP contribution in [0.4, 0.5) is 8.78 Å². The van der Waals surface area contributed by atoms with Crippen LogP contribution >= 0.6 is 0 Å². The van der Waals surface area contributed by atoms with E-state index in [9.17, 15) is 8.78 Å². The number of halogens is 2. The van der Waals surface area contributed by atoms with Crippen molar-refractivity contribution in [3.8, 4) is 5.75 Å². The molecule has 0 unspecified atom stereocenters. The number of hydrogen-bond donors (Lipinski definition) is 0. The second-order valence-electron chi connectivity index (χ2n) is 3.96. The molecule has 83 valence electrons. The van der Waals surface area contributed by atoms with Gasteiger partial charge in [-0.05, 0) is 42.5 Å². The third-order valence-electron chi connectivity index (χ3n) is 1.90. The molecule has 0 fully saturated rings. The van der Waals surface area contributed by atoms with E-state index in [1.165, 1.54) is 6.07 Å². The third-order valence-corrected chi connectivity index (χ3v) is 1.90. The van der Waals surface area contributed by atoms with E-state index in [1.807, 2.05) is 6.07 Å². The summed E-state index contributed by atoms with van der Waals surface area (Å²) >= 11 is 0. The Morgan fingerprint density at radius 2 is 1.93 bits per heavy atom. The van der Waals surface area contributed by atoms with E-state index in [0.717, 1.165) is 12.0 Å². The molecule has 1 aromatic carbocycles. The van der Waals surface area contributed by atoms with Gasteiger partial charge in [-0.2, -0.15) is 8.78 Å². The van der Waals surface area contributed by atoms with Crippen LogP contribution in [0.15, 0.2) is 18.2 Å². The van der Waals surface area contributed by atoms with Crippen molar-refractivity contribution in [3.63, 3.8) is 0 Å². The fourth-order valence-corrected chi connectivity index (χ4v) is 1.49. The Morgan fingerprint density at radius 1 is 1.27 bits per heavy atom. The molecule has 0 heterocycles. The fourth-order valence-electron chi connectivity index (χ4n) is 1.49. The van der Waals surface area contributed by atoms with E-state index >= 15 is 0 Å². The molecule has 1 rings (SSSR count). The maximum Gasteiger partial charge on any atom is 0.387 e. The Labute approximate surface area is 89.1 Å². The standard InChI is InChI=1S/C12H15F2O/c1-8(2)4-10-5-9(3)6-11(7-10)15-12(13)14/h5-8,12H,3-4H2,1-2H3. The van der Waals surface area contributed by atoms with Gasteiger partial charge >= 0.3 is 6.61 Å². The van der Waals surface area contributed by atoms with E-state index in [2.05, 4.69) is 25.5 Å². The zero-order chi connectivity index (χ0) is 11.4. The van der Waals surface area contributed by atoms with Gasteiger partial charge in [0.2, 0.25) is 0 Å². The largest absolute Gasteiger partial charge is 0.435 e. The van der Waals surface area contributed by atoms with Gasteiger partial charge in [-0.3, -0.25) is 0 Å². The summed E-state index contributed by atoms with van der Waals surface area (Å²) < 4.78 is 28.4. The molecule has 0 atom stereocenters. The molecule has 1 radical (unpaired) electrons. The van der Waals surface area contributed by atoms with E-state index in [0.29, 0.717) is 11.5 Å². The Bertz CT molecular complexity index is 293. The molecule has 0 aliphatic rings. The van der Waals surface area contributed by atoms with E-state index < -0.39 is 6.61 Å². The predicted molar refractivity (Wildman–Crippen MR) is 56.1 cm³/mol. The van der Waals surface area contributed by atoms with Gasteiger partial charge in [0, 0.05) is 0 Å². The maximum atomic E-state index is 12.0. The molecule has 0 bridgehead atoms. The number of benzene rings is 1. The van der Waals surface area contributed by atoms with Gasteiger partial charge in [0.05, 0.1) is 0 Å². The Balaban J connectivity index is 2.84. The molecule has 1 nitrogen and oxygen atoms in total. The van der Waals surface area contributed by atoms with Gasteiger partial charge in [-0.25, -0.2) is 0 Å². The number of ether oxygens (including phenoxy) is 1.